The van der Waals surface area contributed by atoms with Crippen LogP contribution in [0.2, 0.25) is 0 Å². The number of aliphatic hydroxyl groups is 2. The molecule has 3 N–H and O–H groups in total. The van der Waals surface area contributed by atoms with Crippen LogP contribution in [0.15, 0.2) is 23.8 Å². The maximum Gasteiger partial charge on any atom is 0.336 e. The lowest BCUT2D eigenvalue weighted by molar-refractivity contribution is -0.228. The molecular weight excluding hydrogens is 363 g/mol. The van der Waals surface area contributed by atoms with Crippen LogP contribution >= 0.6 is 0 Å². The number of carbonyl (C=O) groups is 2. The summed E-state index contributed by atoms with van der Waals surface area (Å²) >= 11 is 0. The van der Waals surface area contributed by atoms with Gasteiger partial charge in [0.1, 0.15) is 0 Å². The summed E-state index contributed by atoms with van der Waals surface area (Å²) in [4.78, 5) is 24.0. The summed E-state index contributed by atoms with van der Waals surface area (Å²) in [6.45, 7) is 7.08. The lowest BCUT2D eigenvalue weighted by atomic mass is 9.43. The smallest absolute Gasteiger partial charge is 0.336 e. The average molecular weight is 392 g/mol. The van der Waals surface area contributed by atoms with Crippen molar-refractivity contribution in [2.75, 3.05) is 0 Å². The lowest BCUT2D eigenvalue weighted by Gasteiger charge is -2.63. The van der Waals surface area contributed by atoms with Gasteiger partial charge in [-0.1, -0.05) is 32.4 Å². The number of halogens is 1. The molecule has 0 radical (unpaired) electrons. The number of aliphatic carboxylic acids is 1. The molecule has 154 valence electrons. The van der Waals surface area contributed by atoms with Crippen molar-refractivity contribution in [1.29, 1.82) is 0 Å². The van der Waals surface area contributed by atoms with Gasteiger partial charge in [-0.2, -0.15) is 0 Å². The molecule has 0 aromatic carbocycles. The van der Waals surface area contributed by atoms with Gasteiger partial charge in [-0.25, -0.2) is 9.18 Å². The first-order chi connectivity index (χ1) is 12.8. The highest BCUT2D eigenvalue weighted by Crippen LogP contribution is 2.71. The number of alkyl halides is 1. The molecule has 28 heavy (non-hydrogen) atoms. The van der Waals surface area contributed by atoms with Gasteiger partial charge in [0.15, 0.2) is 17.1 Å². The fraction of sp³-hybridized carbons (Fsp3) is 0.727. The van der Waals surface area contributed by atoms with Gasteiger partial charge in [0.25, 0.3) is 0 Å². The molecule has 6 heteroatoms. The van der Waals surface area contributed by atoms with Crippen molar-refractivity contribution in [3.63, 3.8) is 0 Å². The van der Waals surface area contributed by atoms with Crippen LogP contribution in [0.3, 0.4) is 0 Å². The third kappa shape index (κ3) is 1.93. The zero-order chi connectivity index (χ0) is 20.9. The molecule has 0 aromatic rings. The molecule has 9 atom stereocenters. The number of rotatable bonds is 1. The maximum absolute atomic E-state index is 16.9. The van der Waals surface area contributed by atoms with Crippen LogP contribution in [0.25, 0.3) is 0 Å². The van der Waals surface area contributed by atoms with Crippen molar-refractivity contribution in [2.45, 2.75) is 64.3 Å². The van der Waals surface area contributed by atoms with E-state index in [0.29, 0.717) is 18.4 Å². The topological polar surface area (TPSA) is 94.8 Å². The molecule has 5 nitrogen and oxygen atoms in total. The fourth-order valence-corrected chi connectivity index (χ4v) is 7.39. The van der Waals surface area contributed by atoms with Crippen LogP contribution < -0.4 is 0 Å². The molecule has 0 spiro atoms. The van der Waals surface area contributed by atoms with Crippen molar-refractivity contribution < 1.29 is 29.3 Å². The summed E-state index contributed by atoms with van der Waals surface area (Å²) in [5.41, 5.74) is -5.57. The van der Waals surface area contributed by atoms with Crippen molar-refractivity contribution in [1.82, 2.24) is 0 Å². The lowest BCUT2D eigenvalue weighted by Crippen LogP contribution is -2.70. The monoisotopic (exact) mass is 392 g/mol. The first kappa shape index (κ1) is 19.8. The summed E-state index contributed by atoms with van der Waals surface area (Å²) in [6, 6.07) is 0. The molecule has 3 saturated carbocycles. The third-order valence-electron chi connectivity index (χ3n) is 8.88. The van der Waals surface area contributed by atoms with Crippen molar-refractivity contribution in [2.24, 2.45) is 34.5 Å². The van der Waals surface area contributed by atoms with Crippen LogP contribution in [-0.2, 0) is 9.59 Å². The van der Waals surface area contributed by atoms with Crippen molar-refractivity contribution in [3.8, 4) is 0 Å². The standard InChI is InChI=1S/C22H29FO5/c1-11-7-16-15-8-12(2)22(28,18(26)27)20(15,4)10-17(25)21(16,23)19(3)6-5-13(24)9-14(11)19/h5-6,9,11-12,15-17,25,28H,7-8,10H2,1-4H3,(H,26,27)/t11-,12+,15-,16-,17-,19-,20-,21-,22+/m0/s1. The first-order valence-corrected chi connectivity index (χ1v) is 10.1. The Kier molecular flexibility index (Phi) is 3.91. The molecule has 0 heterocycles. The Morgan fingerprint density at radius 3 is 2.46 bits per heavy atom. The zero-order valence-electron chi connectivity index (χ0n) is 16.8. The third-order valence-corrected chi connectivity index (χ3v) is 8.88. The van der Waals surface area contributed by atoms with Gasteiger partial charge < -0.3 is 15.3 Å². The SMILES string of the molecule is C[C@@H]1C[C@H]2[C@@H]3C[C@H](C)C4=CC(=O)C=C[C@]4(C)[C@@]3(F)[C@@H](O)C[C@]2(C)[C@]1(O)C(=O)O. The van der Waals surface area contributed by atoms with Gasteiger partial charge >= 0.3 is 5.97 Å². The zero-order valence-corrected chi connectivity index (χ0v) is 16.8. The number of ketones is 1. The molecular formula is C22H29FO5. The summed E-state index contributed by atoms with van der Waals surface area (Å²) < 4.78 is 16.9. The van der Waals surface area contributed by atoms with E-state index >= 15 is 4.39 Å². The number of hydrogen-bond acceptors (Lipinski definition) is 4. The van der Waals surface area contributed by atoms with Crippen LogP contribution in [0.1, 0.15) is 47.0 Å². The van der Waals surface area contributed by atoms with Gasteiger partial charge in [0.2, 0.25) is 0 Å². The largest absolute Gasteiger partial charge is 0.479 e. The molecule has 4 aliphatic carbocycles. The number of fused-ring (bicyclic) bond motifs is 5. The van der Waals surface area contributed by atoms with Crippen molar-refractivity contribution in [3.05, 3.63) is 23.8 Å². The van der Waals surface area contributed by atoms with E-state index in [1.807, 2.05) is 6.92 Å². The predicted molar refractivity (Wildman–Crippen MR) is 100 cm³/mol. The second kappa shape index (κ2) is 5.54. The van der Waals surface area contributed by atoms with Gasteiger partial charge in [0, 0.05) is 16.7 Å². The van der Waals surface area contributed by atoms with Gasteiger partial charge in [-0.05, 0) is 56.1 Å². The fourth-order valence-electron chi connectivity index (χ4n) is 7.39. The summed E-state index contributed by atoms with van der Waals surface area (Å²) in [5, 5.41) is 32.1. The number of allylic oxidation sites excluding steroid dienone is 4. The highest BCUT2D eigenvalue weighted by molar-refractivity contribution is 6.01. The highest BCUT2D eigenvalue weighted by Gasteiger charge is 2.76. The normalized spacial score (nSPS) is 55.2. The minimum Gasteiger partial charge on any atom is -0.479 e. The summed E-state index contributed by atoms with van der Waals surface area (Å²) in [6.07, 6.45) is 3.69. The summed E-state index contributed by atoms with van der Waals surface area (Å²) in [5.74, 6) is -3.07. The molecule has 0 unspecified atom stereocenters. The Hall–Kier alpha value is -1.53. The molecule has 0 bridgehead atoms. The molecule has 0 aliphatic heterocycles. The number of carbonyl (C=O) groups excluding carboxylic acids is 1. The Bertz CT molecular complexity index is 820. The Balaban J connectivity index is 1.88. The maximum atomic E-state index is 16.9. The van der Waals surface area contributed by atoms with Gasteiger partial charge in [-0.3, -0.25) is 4.79 Å². The Morgan fingerprint density at radius 2 is 1.86 bits per heavy atom. The van der Waals surface area contributed by atoms with Crippen LogP contribution in [0, 0.1) is 34.5 Å². The van der Waals surface area contributed by atoms with Gasteiger partial charge in [0.05, 0.1) is 6.10 Å². The molecule has 0 aromatic heterocycles. The number of aliphatic hydroxyl groups excluding tert-OH is 1. The van der Waals surface area contributed by atoms with Crippen LogP contribution in [0.5, 0.6) is 0 Å². The Morgan fingerprint density at radius 1 is 1.21 bits per heavy atom. The van der Waals surface area contributed by atoms with E-state index in [0.717, 1.165) is 0 Å². The van der Waals surface area contributed by atoms with E-state index in [1.165, 1.54) is 12.2 Å². The van der Waals surface area contributed by atoms with Crippen LogP contribution in [0.4, 0.5) is 4.39 Å². The minimum absolute atomic E-state index is 0.0730. The van der Waals surface area contributed by atoms with E-state index in [2.05, 4.69) is 0 Å². The Labute approximate surface area is 164 Å². The number of carboxylic acid groups (broad SMARTS) is 1. The average Bonchev–Trinajstić information content (AvgIpc) is 2.81. The van der Waals surface area contributed by atoms with Crippen molar-refractivity contribution >= 4 is 11.8 Å². The van der Waals surface area contributed by atoms with E-state index in [4.69, 9.17) is 0 Å². The number of hydrogen-bond donors (Lipinski definition) is 3. The highest BCUT2D eigenvalue weighted by atomic mass is 19.1. The molecule has 3 fully saturated rings. The van der Waals surface area contributed by atoms with E-state index in [1.54, 1.807) is 26.8 Å². The van der Waals surface area contributed by atoms with E-state index in [-0.39, 0.29) is 24.0 Å². The van der Waals surface area contributed by atoms with E-state index < -0.39 is 46.0 Å². The second-order valence-electron chi connectivity index (χ2n) is 10.0. The second-order valence-corrected chi connectivity index (χ2v) is 10.0. The van der Waals surface area contributed by atoms with E-state index in [9.17, 15) is 24.9 Å². The van der Waals surface area contributed by atoms with Crippen LogP contribution in [-0.4, -0.2) is 44.4 Å². The minimum atomic E-state index is -2.02. The predicted octanol–water partition coefficient (Wildman–Crippen LogP) is 2.66. The van der Waals surface area contributed by atoms with Gasteiger partial charge in [-0.15, -0.1) is 0 Å². The molecule has 4 aliphatic rings. The molecule has 0 saturated heterocycles. The quantitative estimate of drug-likeness (QED) is 0.638. The number of carboxylic acids is 1. The molecule has 4 rings (SSSR count). The first-order valence-electron chi connectivity index (χ1n) is 10.1. The summed E-state index contributed by atoms with van der Waals surface area (Å²) in [7, 11) is 0. The molecule has 0 amide bonds.